The van der Waals surface area contributed by atoms with E-state index in [1.54, 1.807) is 16.9 Å². The molecule has 0 radical (unpaired) electrons. The minimum atomic E-state index is -0.184. The van der Waals surface area contributed by atoms with Gasteiger partial charge in [-0.05, 0) is 56.5 Å². The molecule has 0 fully saturated rings. The molecule has 0 aliphatic carbocycles. The van der Waals surface area contributed by atoms with Crippen molar-refractivity contribution in [3.8, 4) is 5.75 Å². The van der Waals surface area contributed by atoms with Gasteiger partial charge in [0.25, 0.3) is 5.91 Å². The number of rotatable bonds is 9. The van der Waals surface area contributed by atoms with Gasteiger partial charge in [-0.15, -0.1) is 0 Å². The third kappa shape index (κ3) is 5.70. The number of amides is 1. The molecule has 0 atom stereocenters. The first-order valence-corrected chi connectivity index (χ1v) is 8.19. The van der Waals surface area contributed by atoms with Crippen LogP contribution in [0.25, 0.3) is 0 Å². The lowest BCUT2D eigenvalue weighted by Gasteiger charge is -2.08. The van der Waals surface area contributed by atoms with E-state index in [1.807, 2.05) is 32.9 Å². The summed E-state index contributed by atoms with van der Waals surface area (Å²) in [6, 6.07) is 7.72. The van der Waals surface area contributed by atoms with Crippen molar-refractivity contribution in [2.75, 3.05) is 19.8 Å². The Kier molecular flexibility index (Phi) is 6.81. The van der Waals surface area contributed by atoms with Gasteiger partial charge in [-0.25, -0.2) is 4.68 Å². The highest BCUT2D eigenvalue weighted by Crippen LogP contribution is 2.16. The van der Waals surface area contributed by atoms with Crippen LogP contribution in [-0.4, -0.2) is 35.4 Å². The summed E-state index contributed by atoms with van der Waals surface area (Å²) in [6.45, 7) is 8.19. The quantitative estimate of drug-likeness (QED) is 0.718. The largest absolute Gasteiger partial charge is 0.471 e. The van der Waals surface area contributed by atoms with Gasteiger partial charge in [0.15, 0.2) is 6.73 Å². The van der Waals surface area contributed by atoms with E-state index in [0.717, 1.165) is 23.3 Å². The molecule has 1 N–H and O–H groups in total. The normalized spacial score (nSPS) is 10.6. The molecule has 0 unspecified atom stereocenters. The third-order valence-electron chi connectivity index (χ3n) is 3.39. The molecule has 0 bridgehead atoms. The Morgan fingerprint density at radius 2 is 2.00 bits per heavy atom. The van der Waals surface area contributed by atoms with Crippen LogP contribution in [0.2, 0.25) is 0 Å². The zero-order chi connectivity index (χ0) is 17.4. The molecular weight excluding hydrogens is 306 g/mol. The van der Waals surface area contributed by atoms with Crippen molar-refractivity contribution >= 4 is 5.91 Å². The lowest BCUT2D eigenvalue weighted by Crippen LogP contribution is -2.26. The highest BCUT2D eigenvalue weighted by molar-refractivity contribution is 5.92. The second kappa shape index (κ2) is 9.08. The molecule has 6 nitrogen and oxygen atoms in total. The predicted molar refractivity (Wildman–Crippen MR) is 92.2 cm³/mol. The van der Waals surface area contributed by atoms with Crippen molar-refractivity contribution in [2.24, 2.45) is 0 Å². The van der Waals surface area contributed by atoms with Crippen LogP contribution in [0.5, 0.6) is 5.75 Å². The lowest BCUT2D eigenvalue weighted by molar-refractivity contribution is 0.0937. The van der Waals surface area contributed by atoms with Crippen LogP contribution >= 0.6 is 0 Å². The highest BCUT2D eigenvalue weighted by atomic mass is 16.5. The Morgan fingerprint density at radius 3 is 2.71 bits per heavy atom. The maximum Gasteiger partial charge on any atom is 0.271 e. The Bertz CT molecular complexity index is 647. The Labute approximate surface area is 142 Å². The first-order valence-electron chi connectivity index (χ1n) is 8.19. The summed E-state index contributed by atoms with van der Waals surface area (Å²) in [6.07, 6.45) is 2.52. The molecule has 1 amide bonds. The highest BCUT2D eigenvalue weighted by Gasteiger charge is 2.09. The number of nitrogens with zero attached hydrogens (tertiary/aromatic N) is 2. The molecule has 1 aromatic heterocycles. The van der Waals surface area contributed by atoms with Crippen molar-refractivity contribution in [2.45, 2.75) is 33.9 Å². The van der Waals surface area contributed by atoms with E-state index in [4.69, 9.17) is 9.47 Å². The zero-order valence-electron chi connectivity index (χ0n) is 14.5. The summed E-state index contributed by atoms with van der Waals surface area (Å²) < 4.78 is 12.6. The first-order chi connectivity index (χ1) is 11.6. The molecule has 2 aromatic rings. The maximum atomic E-state index is 12.0. The van der Waals surface area contributed by atoms with Crippen LogP contribution in [0, 0.1) is 13.8 Å². The summed E-state index contributed by atoms with van der Waals surface area (Å²) >= 11 is 0. The van der Waals surface area contributed by atoms with E-state index in [0.29, 0.717) is 25.5 Å². The molecule has 0 aliphatic heterocycles. The van der Waals surface area contributed by atoms with Crippen molar-refractivity contribution in [1.82, 2.24) is 15.1 Å². The molecule has 130 valence electrons. The predicted octanol–water partition coefficient (Wildman–Crippen LogP) is 2.69. The lowest BCUT2D eigenvalue weighted by atomic mass is 10.1. The number of ether oxygens (including phenoxy) is 2. The molecular formula is C18H25N3O3. The molecule has 2 rings (SSSR count). The van der Waals surface area contributed by atoms with E-state index >= 15 is 0 Å². The van der Waals surface area contributed by atoms with Gasteiger partial charge in [0.05, 0.1) is 0 Å². The van der Waals surface area contributed by atoms with Crippen LogP contribution in [0.4, 0.5) is 0 Å². The number of hydrogen-bond acceptors (Lipinski definition) is 4. The summed E-state index contributed by atoms with van der Waals surface area (Å²) in [5.74, 6) is 0.613. The number of aryl methyl sites for hydroxylation is 2. The topological polar surface area (TPSA) is 65.4 Å². The molecule has 0 spiro atoms. The molecule has 0 saturated heterocycles. The fourth-order valence-corrected chi connectivity index (χ4v) is 2.32. The number of nitrogens with one attached hydrogen (secondary N) is 1. The molecule has 24 heavy (non-hydrogen) atoms. The van der Waals surface area contributed by atoms with Crippen molar-refractivity contribution in [3.63, 3.8) is 0 Å². The Hall–Kier alpha value is -2.34. The molecule has 0 saturated carbocycles. The minimum Gasteiger partial charge on any atom is -0.471 e. The van der Waals surface area contributed by atoms with Gasteiger partial charge >= 0.3 is 0 Å². The second-order valence-electron chi connectivity index (χ2n) is 5.64. The van der Waals surface area contributed by atoms with E-state index in [9.17, 15) is 4.79 Å². The first kappa shape index (κ1) is 18.0. The number of aromatic nitrogens is 2. The van der Waals surface area contributed by atoms with E-state index in [2.05, 4.69) is 16.5 Å². The van der Waals surface area contributed by atoms with Gasteiger partial charge in [-0.3, -0.25) is 4.79 Å². The second-order valence-corrected chi connectivity index (χ2v) is 5.64. The minimum absolute atomic E-state index is 0.184. The number of carbonyl (C=O) groups is 1. The molecule has 1 aromatic carbocycles. The maximum absolute atomic E-state index is 12.0. The number of hydrogen-bond donors (Lipinski definition) is 1. The Morgan fingerprint density at radius 1 is 1.25 bits per heavy atom. The van der Waals surface area contributed by atoms with Crippen LogP contribution in [0.1, 0.15) is 35.0 Å². The molecule has 0 aliphatic rings. The fourth-order valence-electron chi connectivity index (χ4n) is 2.32. The van der Waals surface area contributed by atoms with E-state index < -0.39 is 0 Å². The van der Waals surface area contributed by atoms with Gasteiger partial charge in [0.2, 0.25) is 0 Å². The average Bonchev–Trinajstić information content (AvgIpc) is 3.01. The van der Waals surface area contributed by atoms with Crippen LogP contribution in [0.15, 0.2) is 30.5 Å². The summed E-state index contributed by atoms with van der Waals surface area (Å²) in [4.78, 5) is 12.0. The zero-order valence-corrected chi connectivity index (χ0v) is 14.5. The number of benzene rings is 1. The van der Waals surface area contributed by atoms with Crippen molar-refractivity contribution in [1.29, 1.82) is 0 Å². The van der Waals surface area contributed by atoms with Gasteiger partial charge in [-0.1, -0.05) is 6.07 Å². The standard InChI is InChI=1S/C18H25N3O3/c1-4-23-9-5-7-19-18(22)17-6-8-21(20-17)13-24-16-11-14(2)10-15(3)12-16/h6,8,10-12H,4-5,7,9,13H2,1-3H3,(H,19,22). The van der Waals surface area contributed by atoms with Gasteiger partial charge < -0.3 is 14.8 Å². The van der Waals surface area contributed by atoms with Crippen LogP contribution in [-0.2, 0) is 11.5 Å². The van der Waals surface area contributed by atoms with Gasteiger partial charge in [0, 0.05) is 26.0 Å². The van der Waals surface area contributed by atoms with Crippen molar-refractivity contribution < 1.29 is 14.3 Å². The van der Waals surface area contributed by atoms with Crippen LogP contribution < -0.4 is 10.1 Å². The molecule has 6 heteroatoms. The summed E-state index contributed by atoms with van der Waals surface area (Å²) in [7, 11) is 0. The van der Waals surface area contributed by atoms with E-state index in [-0.39, 0.29) is 12.6 Å². The van der Waals surface area contributed by atoms with Gasteiger partial charge in [0.1, 0.15) is 11.4 Å². The number of carbonyl (C=O) groups excluding carboxylic acids is 1. The smallest absolute Gasteiger partial charge is 0.271 e. The monoisotopic (exact) mass is 331 g/mol. The fraction of sp³-hybridized carbons (Fsp3) is 0.444. The Balaban J connectivity index is 1.80. The van der Waals surface area contributed by atoms with Gasteiger partial charge in [-0.2, -0.15) is 5.10 Å². The van der Waals surface area contributed by atoms with E-state index in [1.165, 1.54) is 0 Å². The summed E-state index contributed by atoms with van der Waals surface area (Å²) in [5, 5.41) is 7.06. The summed E-state index contributed by atoms with van der Waals surface area (Å²) in [5.41, 5.74) is 2.69. The van der Waals surface area contributed by atoms with Crippen molar-refractivity contribution in [3.05, 3.63) is 47.3 Å². The average molecular weight is 331 g/mol. The SMILES string of the molecule is CCOCCCNC(=O)c1ccn(COc2cc(C)cc(C)c2)n1. The third-order valence-corrected chi connectivity index (χ3v) is 3.39. The van der Waals surface area contributed by atoms with Crippen LogP contribution in [0.3, 0.4) is 0 Å². The molecule has 1 heterocycles.